The van der Waals surface area contributed by atoms with Crippen molar-refractivity contribution in [2.45, 2.75) is 26.2 Å². The van der Waals surface area contributed by atoms with Gasteiger partial charge in [0.1, 0.15) is 11.5 Å². The molecule has 0 saturated carbocycles. The first-order valence-electron chi connectivity index (χ1n) is 6.10. The Balaban J connectivity index is 2.27. The number of benzene rings is 2. The van der Waals surface area contributed by atoms with E-state index in [1.165, 1.54) is 5.56 Å². The lowest BCUT2D eigenvalue weighted by molar-refractivity contribution is 0.481. The molecular formula is C16H16Cl2O. The largest absolute Gasteiger partial charge is 0.456 e. The zero-order chi connectivity index (χ0) is 14.0. The molecule has 0 aliphatic heterocycles. The Bertz CT molecular complexity index is 586. The highest BCUT2D eigenvalue weighted by Crippen LogP contribution is 2.34. The van der Waals surface area contributed by atoms with Gasteiger partial charge in [0.2, 0.25) is 0 Å². The van der Waals surface area contributed by atoms with Crippen LogP contribution in [0.2, 0.25) is 10.0 Å². The number of hydrogen-bond acceptors (Lipinski definition) is 1. The normalized spacial score (nSPS) is 11.4. The minimum Gasteiger partial charge on any atom is -0.456 e. The first kappa shape index (κ1) is 14.2. The predicted octanol–water partition coefficient (Wildman–Crippen LogP) is 6.08. The van der Waals surface area contributed by atoms with Crippen molar-refractivity contribution in [2.24, 2.45) is 0 Å². The molecule has 0 unspecified atom stereocenters. The Hall–Kier alpha value is -1.18. The maximum Gasteiger partial charge on any atom is 0.146 e. The van der Waals surface area contributed by atoms with Crippen molar-refractivity contribution in [1.82, 2.24) is 0 Å². The van der Waals surface area contributed by atoms with Gasteiger partial charge in [-0.05, 0) is 41.3 Å². The summed E-state index contributed by atoms with van der Waals surface area (Å²) in [4.78, 5) is 0. The first-order valence-corrected chi connectivity index (χ1v) is 6.85. The molecule has 100 valence electrons. The summed E-state index contributed by atoms with van der Waals surface area (Å²) in [6.45, 7) is 6.45. The van der Waals surface area contributed by atoms with Crippen LogP contribution in [0, 0.1) is 0 Å². The van der Waals surface area contributed by atoms with Crippen LogP contribution in [0.5, 0.6) is 11.5 Å². The Labute approximate surface area is 124 Å². The smallest absolute Gasteiger partial charge is 0.146 e. The van der Waals surface area contributed by atoms with Crippen LogP contribution in [-0.4, -0.2) is 0 Å². The van der Waals surface area contributed by atoms with Gasteiger partial charge in [0, 0.05) is 5.02 Å². The van der Waals surface area contributed by atoms with Gasteiger partial charge in [-0.1, -0.05) is 56.1 Å². The van der Waals surface area contributed by atoms with Crippen molar-refractivity contribution < 1.29 is 4.74 Å². The molecule has 2 aromatic carbocycles. The summed E-state index contributed by atoms with van der Waals surface area (Å²) < 4.78 is 5.74. The van der Waals surface area contributed by atoms with Gasteiger partial charge in [0.25, 0.3) is 0 Å². The van der Waals surface area contributed by atoms with E-state index >= 15 is 0 Å². The third-order valence-electron chi connectivity index (χ3n) is 2.82. The molecule has 19 heavy (non-hydrogen) atoms. The highest BCUT2D eigenvalue weighted by molar-refractivity contribution is 6.32. The summed E-state index contributed by atoms with van der Waals surface area (Å²) in [6, 6.07) is 13.1. The average Bonchev–Trinajstić information content (AvgIpc) is 2.30. The van der Waals surface area contributed by atoms with E-state index in [2.05, 4.69) is 20.8 Å². The summed E-state index contributed by atoms with van der Waals surface area (Å²) in [5.41, 5.74) is 1.24. The Morgan fingerprint density at radius 3 is 2.26 bits per heavy atom. The van der Waals surface area contributed by atoms with E-state index in [9.17, 15) is 0 Å². The van der Waals surface area contributed by atoms with Crippen LogP contribution in [0.25, 0.3) is 0 Å². The van der Waals surface area contributed by atoms with E-state index in [-0.39, 0.29) is 5.41 Å². The fraction of sp³-hybridized carbons (Fsp3) is 0.250. The maximum absolute atomic E-state index is 6.27. The van der Waals surface area contributed by atoms with Crippen molar-refractivity contribution in [2.75, 3.05) is 0 Å². The average molecular weight is 295 g/mol. The van der Waals surface area contributed by atoms with Gasteiger partial charge in [-0.3, -0.25) is 0 Å². The van der Waals surface area contributed by atoms with Crippen LogP contribution < -0.4 is 4.74 Å². The number of hydrogen-bond donors (Lipinski definition) is 0. The number of halogens is 2. The second-order valence-electron chi connectivity index (χ2n) is 5.45. The SMILES string of the molecule is CC(C)(C)c1ccc(Oc2cccc(Cl)c2)c(Cl)c1. The monoisotopic (exact) mass is 294 g/mol. The molecule has 2 rings (SSSR count). The van der Waals surface area contributed by atoms with Crippen LogP contribution in [0.4, 0.5) is 0 Å². The molecular weight excluding hydrogens is 279 g/mol. The molecule has 0 spiro atoms. The van der Waals surface area contributed by atoms with E-state index in [0.717, 1.165) is 0 Å². The van der Waals surface area contributed by atoms with E-state index < -0.39 is 0 Å². The summed E-state index contributed by atoms with van der Waals surface area (Å²) in [5.74, 6) is 1.31. The van der Waals surface area contributed by atoms with E-state index in [0.29, 0.717) is 21.5 Å². The lowest BCUT2D eigenvalue weighted by Crippen LogP contribution is -2.10. The van der Waals surface area contributed by atoms with Crippen LogP contribution in [-0.2, 0) is 5.41 Å². The van der Waals surface area contributed by atoms with Gasteiger partial charge >= 0.3 is 0 Å². The Morgan fingerprint density at radius 1 is 0.947 bits per heavy atom. The molecule has 0 N–H and O–H groups in total. The van der Waals surface area contributed by atoms with Crippen LogP contribution in [0.3, 0.4) is 0 Å². The Morgan fingerprint density at radius 2 is 1.68 bits per heavy atom. The lowest BCUT2D eigenvalue weighted by Gasteiger charge is -2.20. The third kappa shape index (κ3) is 3.65. The molecule has 0 heterocycles. The Kier molecular flexibility index (Phi) is 4.07. The molecule has 0 aromatic heterocycles. The summed E-state index contributed by atoms with van der Waals surface area (Å²) in [6.07, 6.45) is 0. The summed E-state index contributed by atoms with van der Waals surface area (Å²) in [7, 11) is 0. The second-order valence-corrected chi connectivity index (χ2v) is 6.30. The zero-order valence-electron chi connectivity index (χ0n) is 11.2. The predicted molar refractivity (Wildman–Crippen MR) is 81.7 cm³/mol. The van der Waals surface area contributed by atoms with Crippen LogP contribution >= 0.6 is 23.2 Å². The number of ether oxygens (including phenoxy) is 1. The molecule has 0 fully saturated rings. The quantitative estimate of drug-likeness (QED) is 0.652. The first-order chi connectivity index (χ1) is 8.86. The van der Waals surface area contributed by atoms with E-state index in [1.807, 2.05) is 30.3 Å². The minimum absolute atomic E-state index is 0.0677. The highest BCUT2D eigenvalue weighted by atomic mass is 35.5. The van der Waals surface area contributed by atoms with Gasteiger partial charge in [-0.15, -0.1) is 0 Å². The molecule has 3 heteroatoms. The molecule has 0 bridgehead atoms. The minimum atomic E-state index is 0.0677. The van der Waals surface area contributed by atoms with Crippen molar-refractivity contribution >= 4 is 23.2 Å². The third-order valence-corrected chi connectivity index (χ3v) is 3.35. The van der Waals surface area contributed by atoms with Crippen molar-refractivity contribution in [3.8, 4) is 11.5 Å². The van der Waals surface area contributed by atoms with Crippen molar-refractivity contribution in [1.29, 1.82) is 0 Å². The zero-order valence-corrected chi connectivity index (χ0v) is 12.7. The van der Waals surface area contributed by atoms with Gasteiger partial charge in [-0.2, -0.15) is 0 Å². The molecule has 0 amide bonds. The fourth-order valence-corrected chi connectivity index (χ4v) is 2.11. The topological polar surface area (TPSA) is 9.23 Å². The van der Waals surface area contributed by atoms with Gasteiger partial charge < -0.3 is 4.74 Å². The highest BCUT2D eigenvalue weighted by Gasteiger charge is 2.15. The standard InChI is InChI=1S/C16H16Cl2O/c1-16(2,3)11-7-8-15(14(18)9-11)19-13-6-4-5-12(17)10-13/h4-10H,1-3H3. The van der Waals surface area contributed by atoms with Crippen molar-refractivity contribution in [3.63, 3.8) is 0 Å². The lowest BCUT2D eigenvalue weighted by atomic mass is 9.87. The molecule has 0 saturated heterocycles. The van der Waals surface area contributed by atoms with Crippen LogP contribution in [0.15, 0.2) is 42.5 Å². The molecule has 2 aromatic rings. The van der Waals surface area contributed by atoms with Crippen LogP contribution in [0.1, 0.15) is 26.3 Å². The molecule has 0 aliphatic rings. The molecule has 0 atom stereocenters. The van der Waals surface area contributed by atoms with Gasteiger partial charge in [-0.25, -0.2) is 0 Å². The van der Waals surface area contributed by atoms with E-state index in [4.69, 9.17) is 27.9 Å². The second kappa shape index (κ2) is 5.44. The fourth-order valence-electron chi connectivity index (χ4n) is 1.71. The summed E-state index contributed by atoms with van der Waals surface area (Å²) >= 11 is 12.2. The van der Waals surface area contributed by atoms with Crippen molar-refractivity contribution in [3.05, 3.63) is 58.1 Å². The van der Waals surface area contributed by atoms with Gasteiger partial charge in [0.15, 0.2) is 0 Å². The molecule has 1 nitrogen and oxygen atoms in total. The molecule has 0 radical (unpaired) electrons. The summed E-state index contributed by atoms with van der Waals surface area (Å²) in [5, 5.41) is 1.24. The number of rotatable bonds is 2. The van der Waals surface area contributed by atoms with Gasteiger partial charge in [0.05, 0.1) is 5.02 Å². The molecule has 0 aliphatic carbocycles. The van der Waals surface area contributed by atoms with E-state index in [1.54, 1.807) is 12.1 Å². The maximum atomic E-state index is 6.27.